The number of nitrogens with zero attached hydrogens (tertiary/aromatic N) is 4. The number of thiazole rings is 1. The van der Waals surface area contributed by atoms with Crippen LogP contribution < -0.4 is 5.32 Å². The Bertz CT molecular complexity index is 1230. The maximum Gasteiger partial charge on any atom is 0.229 e. The highest BCUT2D eigenvalue weighted by molar-refractivity contribution is 7.22. The number of halogens is 1. The van der Waals surface area contributed by atoms with Crippen LogP contribution in [-0.2, 0) is 16.1 Å². The molecule has 8 nitrogen and oxygen atoms in total. The summed E-state index contributed by atoms with van der Waals surface area (Å²) < 4.78 is 19.7. The maximum absolute atomic E-state index is 13.0. The molecule has 3 heterocycles. The van der Waals surface area contributed by atoms with Crippen molar-refractivity contribution >= 4 is 32.6 Å². The number of nitrogens with one attached hydrogen (secondary N) is 1. The topological polar surface area (TPSA) is 100 Å². The van der Waals surface area contributed by atoms with Crippen LogP contribution in [0.3, 0.4) is 0 Å². The number of hydrogen-bond donors (Lipinski definition) is 2. The second-order valence-corrected chi connectivity index (χ2v) is 11.3. The molecule has 0 bridgehead atoms. The Morgan fingerprint density at radius 3 is 2.72 bits per heavy atom. The first-order valence-corrected chi connectivity index (χ1v) is 13.5. The number of fused-ring (bicyclic) bond motifs is 1. The number of anilines is 1. The van der Waals surface area contributed by atoms with Crippen molar-refractivity contribution in [2.75, 3.05) is 25.0 Å². The second-order valence-electron chi connectivity index (χ2n) is 10.3. The van der Waals surface area contributed by atoms with Gasteiger partial charge in [-0.05, 0) is 55.7 Å². The largest absolute Gasteiger partial charge is 0.390 e. The second kappa shape index (κ2) is 10.1. The summed E-state index contributed by atoms with van der Waals surface area (Å²) in [6.45, 7) is 2.26. The molecular weight excluding hydrogens is 481 g/mol. The molecule has 6 rings (SSSR count). The minimum atomic E-state index is -0.674. The van der Waals surface area contributed by atoms with E-state index in [0.717, 1.165) is 60.0 Å². The van der Waals surface area contributed by atoms with Crippen LogP contribution in [0.4, 0.5) is 9.52 Å². The molecule has 2 N–H and O–H groups in total. The molecule has 190 valence electrons. The molecule has 3 fully saturated rings. The van der Waals surface area contributed by atoms with Crippen molar-refractivity contribution in [2.45, 2.75) is 57.1 Å². The number of carbonyl (C=O) groups excluding carboxylic acids is 1. The smallest absolute Gasteiger partial charge is 0.229 e. The summed E-state index contributed by atoms with van der Waals surface area (Å²) in [4.78, 5) is 28.2. The van der Waals surface area contributed by atoms with Gasteiger partial charge in [0.25, 0.3) is 0 Å². The average molecular weight is 512 g/mol. The molecule has 1 aliphatic heterocycles. The quantitative estimate of drug-likeness (QED) is 0.474. The van der Waals surface area contributed by atoms with Crippen molar-refractivity contribution in [1.82, 2.24) is 19.9 Å². The Hall–Kier alpha value is -2.53. The van der Waals surface area contributed by atoms with E-state index in [1.165, 1.54) is 11.3 Å². The number of carbonyl (C=O) groups is 1. The summed E-state index contributed by atoms with van der Waals surface area (Å²) in [5.41, 5.74) is 2.71. The number of aliphatic hydroxyl groups is 1. The molecule has 0 unspecified atom stereocenters. The number of ether oxygens (including phenoxy) is 1. The van der Waals surface area contributed by atoms with Gasteiger partial charge in [0.05, 0.1) is 22.4 Å². The summed E-state index contributed by atoms with van der Waals surface area (Å²) in [5, 5.41) is 13.5. The lowest BCUT2D eigenvalue weighted by molar-refractivity contribution is -0.124. The van der Waals surface area contributed by atoms with E-state index in [4.69, 9.17) is 4.74 Å². The van der Waals surface area contributed by atoms with Crippen LogP contribution in [0, 0.1) is 11.8 Å². The Kier molecular flexibility index (Phi) is 6.68. The zero-order chi connectivity index (χ0) is 24.6. The summed E-state index contributed by atoms with van der Waals surface area (Å²) in [6.07, 6.45) is 6.73. The zero-order valence-corrected chi connectivity index (χ0v) is 20.8. The van der Waals surface area contributed by atoms with E-state index >= 15 is 0 Å². The number of rotatable bonds is 8. The highest BCUT2D eigenvalue weighted by Crippen LogP contribution is 2.37. The molecule has 3 aromatic rings. The first kappa shape index (κ1) is 23.8. The van der Waals surface area contributed by atoms with Crippen molar-refractivity contribution in [1.29, 1.82) is 0 Å². The lowest BCUT2D eigenvalue weighted by Gasteiger charge is -2.42. The van der Waals surface area contributed by atoms with E-state index in [-0.39, 0.29) is 24.5 Å². The lowest BCUT2D eigenvalue weighted by atomic mass is 9.74. The minimum absolute atomic E-state index is 0.0107. The SMILES string of the molecule is O=C(Nc1nc2ccc(-c3cnc(CO[C@H]4CCC[C@@H]4O)nc3)cc2s1)C1CC(CN2CC(F)C2)C1. The molecule has 10 heteroatoms. The number of aromatic nitrogens is 3. The lowest BCUT2D eigenvalue weighted by Crippen LogP contribution is -2.52. The van der Waals surface area contributed by atoms with Gasteiger partial charge in [0.1, 0.15) is 12.8 Å². The van der Waals surface area contributed by atoms with E-state index in [1.807, 2.05) is 18.2 Å². The van der Waals surface area contributed by atoms with Gasteiger partial charge in [-0.25, -0.2) is 19.3 Å². The standard InChI is InChI=1S/C26H30FN5O3S/c27-19-12-32(13-19)11-15-6-17(7-15)25(34)31-26-30-20-5-4-16(8-23(20)36-26)18-9-28-24(29-10-18)14-35-22-3-1-2-21(22)33/h4-5,8-10,15,17,19,21-22,33H,1-3,6-7,11-14H2,(H,30,31,34)/t15?,17?,21-,22-/m0/s1. The Labute approximate surface area is 212 Å². The van der Waals surface area contributed by atoms with Gasteiger partial charge < -0.3 is 15.2 Å². The fourth-order valence-corrected chi connectivity index (χ4v) is 6.25. The molecule has 3 aliphatic rings. The van der Waals surface area contributed by atoms with E-state index in [1.54, 1.807) is 12.4 Å². The fraction of sp³-hybridized carbons (Fsp3) is 0.538. The Morgan fingerprint density at radius 2 is 2.00 bits per heavy atom. The van der Waals surface area contributed by atoms with E-state index in [2.05, 4.69) is 25.2 Å². The van der Waals surface area contributed by atoms with Crippen LogP contribution in [0.25, 0.3) is 21.3 Å². The average Bonchev–Trinajstić information content (AvgIpc) is 3.42. The van der Waals surface area contributed by atoms with Crippen LogP contribution in [0.15, 0.2) is 30.6 Å². The van der Waals surface area contributed by atoms with Crippen LogP contribution in [0.2, 0.25) is 0 Å². The molecule has 1 saturated heterocycles. The fourth-order valence-electron chi connectivity index (χ4n) is 5.35. The van der Waals surface area contributed by atoms with Gasteiger partial charge in [0.2, 0.25) is 5.91 Å². The van der Waals surface area contributed by atoms with Gasteiger partial charge >= 0.3 is 0 Å². The van der Waals surface area contributed by atoms with Gasteiger partial charge in [0, 0.05) is 43.5 Å². The third-order valence-corrected chi connectivity index (χ3v) is 8.47. The number of benzene rings is 1. The van der Waals surface area contributed by atoms with E-state index in [9.17, 15) is 14.3 Å². The predicted molar refractivity (Wildman–Crippen MR) is 135 cm³/mol. The van der Waals surface area contributed by atoms with Crippen molar-refractivity contribution in [3.05, 3.63) is 36.4 Å². The molecule has 1 amide bonds. The van der Waals surface area contributed by atoms with Crippen LogP contribution in [0.5, 0.6) is 0 Å². The van der Waals surface area contributed by atoms with Gasteiger partial charge in [-0.15, -0.1) is 0 Å². The maximum atomic E-state index is 13.0. The molecule has 36 heavy (non-hydrogen) atoms. The van der Waals surface area contributed by atoms with Gasteiger partial charge in [-0.3, -0.25) is 9.69 Å². The van der Waals surface area contributed by atoms with Gasteiger partial charge in [0.15, 0.2) is 11.0 Å². The minimum Gasteiger partial charge on any atom is -0.390 e. The first-order chi connectivity index (χ1) is 17.5. The van der Waals surface area contributed by atoms with Crippen molar-refractivity contribution in [2.24, 2.45) is 11.8 Å². The first-order valence-electron chi connectivity index (χ1n) is 12.7. The number of alkyl halides is 1. The van der Waals surface area contributed by atoms with Crippen LogP contribution in [0.1, 0.15) is 37.9 Å². The number of amides is 1. The molecule has 2 aliphatic carbocycles. The van der Waals surface area contributed by atoms with Crippen LogP contribution in [-0.4, -0.2) is 68.9 Å². The number of likely N-dealkylation sites (tertiary alicyclic amines) is 1. The van der Waals surface area contributed by atoms with Gasteiger partial charge in [-0.2, -0.15) is 0 Å². The van der Waals surface area contributed by atoms with Crippen LogP contribution >= 0.6 is 11.3 Å². The predicted octanol–water partition coefficient (Wildman–Crippen LogP) is 3.80. The summed E-state index contributed by atoms with van der Waals surface area (Å²) in [5.74, 6) is 1.11. The third kappa shape index (κ3) is 5.13. The van der Waals surface area contributed by atoms with E-state index in [0.29, 0.717) is 30.0 Å². The summed E-state index contributed by atoms with van der Waals surface area (Å²) in [6, 6.07) is 5.96. The molecule has 2 aromatic heterocycles. The molecular formula is C26H30FN5O3S. The number of hydrogen-bond acceptors (Lipinski definition) is 8. The molecule has 1 aromatic carbocycles. The normalized spacial score (nSPS) is 26.6. The molecule has 0 spiro atoms. The zero-order valence-electron chi connectivity index (χ0n) is 20.0. The highest BCUT2D eigenvalue weighted by atomic mass is 32.1. The Balaban J connectivity index is 1.03. The Morgan fingerprint density at radius 1 is 1.19 bits per heavy atom. The van der Waals surface area contributed by atoms with Gasteiger partial charge in [-0.1, -0.05) is 17.4 Å². The van der Waals surface area contributed by atoms with Crippen molar-refractivity contribution in [3.63, 3.8) is 0 Å². The third-order valence-electron chi connectivity index (χ3n) is 7.54. The van der Waals surface area contributed by atoms with Crippen molar-refractivity contribution < 1.29 is 19.0 Å². The molecule has 2 atom stereocenters. The number of aliphatic hydroxyl groups excluding tert-OH is 1. The summed E-state index contributed by atoms with van der Waals surface area (Å²) in [7, 11) is 0. The highest BCUT2D eigenvalue weighted by Gasteiger charge is 2.38. The molecule has 2 saturated carbocycles. The van der Waals surface area contributed by atoms with Crippen molar-refractivity contribution in [3.8, 4) is 11.1 Å². The van der Waals surface area contributed by atoms with E-state index < -0.39 is 12.3 Å². The monoisotopic (exact) mass is 511 g/mol. The summed E-state index contributed by atoms with van der Waals surface area (Å²) >= 11 is 1.46. The molecule has 0 radical (unpaired) electrons.